The smallest absolute Gasteiger partial charge is 0.163 e. The summed E-state index contributed by atoms with van der Waals surface area (Å²) in [5.74, 6) is 0.521. The molecular formula is C14H15ClN4S. The molecule has 3 N–H and O–H groups in total. The lowest BCUT2D eigenvalue weighted by atomic mass is 10.1. The van der Waals surface area contributed by atoms with E-state index in [2.05, 4.69) is 15.5 Å². The van der Waals surface area contributed by atoms with Gasteiger partial charge in [-0.1, -0.05) is 29.9 Å². The largest absolute Gasteiger partial charge is 0.389 e. The molecule has 4 nitrogen and oxygen atoms in total. The van der Waals surface area contributed by atoms with Gasteiger partial charge in [0.15, 0.2) is 5.82 Å². The van der Waals surface area contributed by atoms with Gasteiger partial charge in [0, 0.05) is 0 Å². The van der Waals surface area contributed by atoms with Gasteiger partial charge >= 0.3 is 0 Å². The molecule has 2 aromatic rings. The molecule has 0 aliphatic rings. The highest BCUT2D eigenvalue weighted by Crippen LogP contribution is 2.28. The third kappa shape index (κ3) is 2.89. The molecule has 104 valence electrons. The summed E-state index contributed by atoms with van der Waals surface area (Å²) in [7, 11) is 0. The number of rotatable bonds is 3. The van der Waals surface area contributed by atoms with Gasteiger partial charge in [0.2, 0.25) is 0 Å². The van der Waals surface area contributed by atoms with Crippen molar-refractivity contribution in [1.82, 2.24) is 10.2 Å². The Hall–Kier alpha value is -1.72. The number of aryl methyl sites for hydroxylation is 2. The molecule has 1 aromatic carbocycles. The number of hydrogen-bond donors (Lipinski definition) is 2. The average molecular weight is 307 g/mol. The summed E-state index contributed by atoms with van der Waals surface area (Å²) in [6, 6.07) is 5.70. The van der Waals surface area contributed by atoms with Crippen LogP contribution in [-0.4, -0.2) is 15.2 Å². The maximum absolute atomic E-state index is 6.17. The summed E-state index contributed by atoms with van der Waals surface area (Å²) in [4.78, 5) is 0.284. The lowest BCUT2D eigenvalue weighted by molar-refractivity contribution is 0.963. The third-order valence-electron chi connectivity index (χ3n) is 3.08. The van der Waals surface area contributed by atoms with Gasteiger partial charge in [-0.15, -0.1) is 5.10 Å². The number of anilines is 2. The Balaban J connectivity index is 2.51. The first-order valence-electron chi connectivity index (χ1n) is 6.07. The van der Waals surface area contributed by atoms with E-state index in [9.17, 15) is 0 Å². The second-order valence-electron chi connectivity index (χ2n) is 4.61. The highest BCUT2D eigenvalue weighted by Gasteiger charge is 2.14. The van der Waals surface area contributed by atoms with E-state index in [1.807, 2.05) is 39.0 Å². The molecule has 20 heavy (non-hydrogen) atoms. The van der Waals surface area contributed by atoms with Crippen LogP contribution in [0, 0.1) is 20.8 Å². The van der Waals surface area contributed by atoms with Crippen molar-refractivity contribution in [1.29, 1.82) is 0 Å². The zero-order valence-corrected chi connectivity index (χ0v) is 13.1. The van der Waals surface area contributed by atoms with Gasteiger partial charge in [-0.3, -0.25) is 0 Å². The van der Waals surface area contributed by atoms with E-state index in [0.717, 1.165) is 22.5 Å². The van der Waals surface area contributed by atoms with Crippen molar-refractivity contribution in [2.75, 3.05) is 5.32 Å². The fraction of sp³-hybridized carbons (Fsp3) is 0.214. The van der Waals surface area contributed by atoms with E-state index in [4.69, 9.17) is 29.6 Å². The van der Waals surface area contributed by atoms with Gasteiger partial charge < -0.3 is 11.1 Å². The molecular weight excluding hydrogens is 292 g/mol. The minimum atomic E-state index is 0.284. The summed E-state index contributed by atoms with van der Waals surface area (Å²) in [5, 5.41) is 12.0. The fourth-order valence-corrected chi connectivity index (χ4v) is 2.27. The molecule has 0 saturated carbocycles. The Morgan fingerprint density at radius 1 is 1.25 bits per heavy atom. The van der Waals surface area contributed by atoms with E-state index >= 15 is 0 Å². The molecule has 1 aromatic heterocycles. The van der Waals surface area contributed by atoms with Crippen LogP contribution in [0.3, 0.4) is 0 Å². The van der Waals surface area contributed by atoms with Crippen LogP contribution in [-0.2, 0) is 0 Å². The molecule has 0 saturated heterocycles. The lowest BCUT2D eigenvalue weighted by Gasteiger charge is -2.14. The van der Waals surface area contributed by atoms with E-state index in [1.54, 1.807) is 0 Å². The van der Waals surface area contributed by atoms with Gasteiger partial charge in [-0.05, 0) is 44.0 Å². The van der Waals surface area contributed by atoms with Crippen LogP contribution in [0.25, 0.3) is 0 Å². The van der Waals surface area contributed by atoms with Crippen LogP contribution in [0.2, 0.25) is 5.02 Å². The highest BCUT2D eigenvalue weighted by molar-refractivity contribution is 7.80. The zero-order chi connectivity index (χ0) is 14.9. The molecule has 0 atom stereocenters. The van der Waals surface area contributed by atoms with Crippen molar-refractivity contribution in [3.05, 3.63) is 45.6 Å². The highest BCUT2D eigenvalue weighted by atomic mass is 35.5. The molecule has 0 spiro atoms. The first kappa shape index (κ1) is 14.7. The Bertz CT molecular complexity index is 685. The molecule has 0 radical (unpaired) electrons. The van der Waals surface area contributed by atoms with Crippen LogP contribution in [0.1, 0.15) is 22.4 Å². The standard InChI is InChI=1S/C14H15ClN4S/c1-7-4-5-10(15)11(6-7)17-14-12(13(16)20)8(2)9(3)18-19-14/h4-6H,1-3H3,(H2,16,20)(H,17,19). The van der Waals surface area contributed by atoms with Crippen molar-refractivity contribution in [3.63, 3.8) is 0 Å². The number of nitrogens with one attached hydrogen (secondary N) is 1. The number of hydrogen-bond acceptors (Lipinski definition) is 4. The molecule has 0 bridgehead atoms. The predicted molar refractivity (Wildman–Crippen MR) is 86.9 cm³/mol. The van der Waals surface area contributed by atoms with E-state index < -0.39 is 0 Å². The van der Waals surface area contributed by atoms with E-state index in [-0.39, 0.29) is 4.99 Å². The lowest BCUT2D eigenvalue weighted by Crippen LogP contribution is -2.17. The summed E-state index contributed by atoms with van der Waals surface area (Å²) in [6.07, 6.45) is 0. The van der Waals surface area contributed by atoms with Gasteiger partial charge in [0.1, 0.15) is 4.99 Å². The van der Waals surface area contributed by atoms with Crippen LogP contribution < -0.4 is 11.1 Å². The van der Waals surface area contributed by atoms with Crippen LogP contribution in [0.5, 0.6) is 0 Å². The molecule has 2 rings (SSSR count). The van der Waals surface area contributed by atoms with Crippen LogP contribution in [0.4, 0.5) is 11.5 Å². The summed E-state index contributed by atoms with van der Waals surface area (Å²) >= 11 is 11.3. The first-order valence-corrected chi connectivity index (χ1v) is 6.85. The zero-order valence-electron chi connectivity index (χ0n) is 11.5. The second-order valence-corrected chi connectivity index (χ2v) is 5.45. The number of thiocarbonyl (C=S) groups is 1. The summed E-state index contributed by atoms with van der Waals surface area (Å²) in [6.45, 7) is 5.77. The number of benzene rings is 1. The minimum absolute atomic E-state index is 0.284. The second kappa shape index (κ2) is 5.73. The summed E-state index contributed by atoms with van der Waals surface area (Å²) < 4.78 is 0. The number of nitrogens with two attached hydrogens (primary N) is 1. The molecule has 0 unspecified atom stereocenters. The molecule has 1 heterocycles. The Morgan fingerprint density at radius 2 is 1.95 bits per heavy atom. The third-order valence-corrected chi connectivity index (χ3v) is 3.61. The van der Waals surface area contributed by atoms with Crippen molar-refractivity contribution in [2.24, 2.45) is 5.73 Å². The fourth-order valence-electron chi connectivity index (χ4n) is 1.86. The van der Waals surface area contributed by atoms with Crippen molar-refractivity contribution < 1.29 is 0 Å². The van der Waals surface area contributed by atoms with Crippen LogP contribution in [0.15, 0.2) is 18.2 Å². The minimum Gasteiger partial charge on any atom is -0.389 e. The van der Waals surface area contributed by atoms with Crippen LogP contribution >= 0.6 is 23.8 Å². The Morgan fingerprint density at radius 3 is 2.60 bits per heavy atom. The van der Waals surface area contributed by atoms with E-state index in [0.29, 0.717) is 16.4 Å². The van der Waals surface area contributed by atoms with Gasteiger partial charge in [-0.2, -0.15) is 5.10 Å². The van der Waals surface area contributed by atoms with Crippen molar-refractivity contribution >= 4 is 40.3 Å². The maximum atomic E-state index is 6.17. The predicted octanol–water partition coefficient (Wildman–Crippen LogP) is 3.43. The topological polar surface area (TPSA) is 63.8 Å². The Labute approximate surface area is 128 Å². The summed E-state index contributed by atoms with van der Waals surface area (Å²) in [5.41, 5.74) is 10.1. The SMILES string of the molecule is Cc1ccc(Cl)c(Nc2nnc(C)c(C)c2C(N)=S)c1. The number of halogens is 1. The maximum Gasteiger partial charge on any atom is 0.163 e. The van der Waals surface area contributed by atoms with Crippen molar-refractivity contribution in [2.45, 2.75) is 20.8 Å². The molecule has 6 heteroatoms. The molecule has 0 fully saturated rings. The average Bonchev–Trinajstić information content (AvgIpc) is 2.38. The first-order chi connectivity index (χ1) is 9.40. The van der Waals surface area contributed by atoms with Gasteiger partial charge in [0.25, 0.3) is 0 Å². The van der Waals surface area contributed by atoms with Gasteiger partial charge in [0.05, 0.1) is 22.0 Å². The molecule has 0 aliphatic carbocycles. The Kier molecular flexibility index (Phi) is 4.20. The molecule has 0 aliphatic heterocycles. The van der Waals surface area contributed by atoms with Crippen molar-refractivity contribution in [3.8, 4) is 0 Å². The van der Waals surface area contributed by atoms with E-state index in [1.165, 1.54) is 0 Å². The van der Waals surface area contributed by atoms with Gasteiger partial charge in [-0.25, -0.2) is 0 Å². The monoisotopic (exact) mass is 306 g/mol. The molecule has 0 amide bonds. The quantitative estimate of drug-likeness (QED) is 0.851. The number of nitrogens with zero attached hydrogens (tertiary/aromatic N) is 2. The normalized spacial score (nSPS) is 10.4. The number of aromatic nitrogens is 2.